The second kappa shape index (κ2) is 9.38. The Bertz CT molecular complexity index is 733. The Balaban J connectivity index is 1.75. The lowest BCUT2D eigenvalue weighted by Crippen LogP contribution is -2.37. The second-order valence-electron chi connectivity index (χ2n) is 6.17. The molecule has 2 aromatic rings. The highest BCUT2D eigenvalue weighted by atomic mass is 35.5. The number of morpholine rings is 1. The summed E-state index contributed by atoms with van der Waals surface area (Å²) in [5.74, 6) is -0.358. The summed E-state index contributed by atoms with van der Waals surface area (Å²) >= 11 is 12.4. The van der Waals surface area contributed by atoms with Crippen molar-refractivity contribution in [2.24, 2.45) is 0 Å². The van der Waals surface area contributed by atoms with E-state index in [-0.39, 0.29) is 5.97 Å². The number of carbonyl (C=O) groups is 1. The van der Waals surface area contributed by atoms with E-state index in [0.717, 1.165) is 38.4 Å². The first-order chi connectivity index (χ1) is 12.6. The largest absolute Gasteiger partial charge is 0.454 e. The Hall–Kier alpha value is -1.59. The average Bonchev–Trinajstić information content (AvgIpc) is 2.67. The van der Waals surface area contributed by atoms with Crippen molar-refractivity contribution >= 4 is 29.2 Å². The third kappa shape index (κ3) is 5.21. The molecule has 0 spiro atoms. The minimum Gasteiger partial charge on any atom is -0.454 e. The van der Waals surface area contributed by atoms with Gasteiger partial charge in [0.05, 0.1) is 18.8 Å². The molecule has 1 fully saturated rings. The Labute approximate surface area is 163 Å². The molecule has 138 valence electrons. The van der Waals surface area contributed by atoms with Crippen molar-refractivity contribution in [2.75, 3.05) is 32.8 Å². The summed E-state index contributed by atoms with van der Waals surface area (Å²) in [6, 6.07) is 14.2. The van der Waals surface area contributed by atoms with Gasteiger partial charge in [-0.15, -0.1) is 0 Å². The van der Waals surface area contributed by atoms with Gasteiger partial charge in [-0.05, 0) is 24.3 Å². The first-order valence-corrected chi connectivity index (χ1v) is 9.40. The van der Waals surface area contributed by atoms with Crippen molar-refractivity contribution in [3.8, 4) is 0 Å². The van der Waals surface area contributed by atoms with Gasteiger partial charge in [0.1, 0.15) is 6.10 Å². The van der Waals surface area contributed by atoms with Gasteiger partial charge in [-0.1, -0.05) is 47.5 Å². The van der Waals surface area contributed by atoms with E-state index in [1.165, 1.54) is 0 Å². The van der Waals surface area contributed by atoms with Gasteiger partial charge in [-0.25, -0.2) is 4.79 Å². The van der Waals surface area contributed by atoms with Gasteiger partial charge in [0.2, 0.25) is 0 Å². The number of halogens is 2. The maximum Gasteiger partial charge on any atom is 0.338 e. The molecule has 1 aliphatic heterocycles. The van der Waals surface area contributed by atoms with Crippen LogP contribution in [0.2, 0.25) is 10.0 Å². The first-order valence-electron chi connectivity index (χ1n) is 8.64. The van der Waals surface area contributed by atoms with Crippen molar-refractivity contribution in [1.29, 1.82) is 0 Å². The molecule has 0 radical (unpaired) electrons. The zero-order chi connectivity index (χ0) is 18.4. The fourth-order valence-corrected chi connectivity index (χ4v) is 3.47. The molecule has 4 nitrogen and oxygen atoms in total. The monoisotopic (exact) mass is 393 g/mol. The van der Waals surface area contributed by atoms with E-state index in [1.807, 2.05) is 24.3 Å². The van der Waals surface area contributed by atoms with Gasteiger partial charge in [0.15, 0.2) is 0 Å². The maximum absolute atomic E-state index is 12.5. The standard InChI is InChI=1S/C20H21Cl2NO3/c21-16-6-7-17(18(22)14-16)19(8-9-23-10-12-25-13-11-23)26-20(24)15-4-2-1-3-5-15/h1-7,14,19H,8-13H2. The quantitative estimate of drug-likeness (QED) is 0.671. The molecule has 0 amide bonds. The minimum absolute atomic E-state index is 0.358. The zero-order valence-corrected chi connectivity index (χ0v) is 15.9. The number of esters is 1. The molecule has 0 N–H and O–H groups in total. The molecular formula is C20H21Cl2NO3. The van der Waals surface area contributed by atoms with Crippen LogP contribution in [0.3, 0.4) is 0 Å². The molecule has 2 aromatic carbocycles. The molecule has 0 aliphatic carbocycles. The van der Waals surface area contributed by atoms with Crippen LogP contribution in [0.1, 0.15) is 28.4 Å². The smallest absolute Gasteiger partial charge is 0.338 e. The van der Waals surface area contributed by atoms with Gasteiger partial charge < -0.3 is 9.47 Å². The molecule has 1 unspecified atom stereocenters. The van der Waals surface area contributed by atoms with E-state index in [9.17, 15) is 4.79 Å². The predicted octanol–water partition coefficient (Wildman–Crippen LogP) is 4.61. The van der Waals surface area contributed by atoms with Gasteiger partial charge in [0, 0.05) is 41.7 Å². The summed E-state index contributed by atoms with van der Waals surface area (Å²) in [7, 11) is 0. The summed E-state index contributed by atoms with van der Waals surface area (Å²) in [6.45, 7) is 4.03. The number of carbonyl (C=O) groups excluding carboxylic acids is 1. The number of ether oxygens (including phenoxy) is 2. The maximum atomic E-state index is 12.5. The highest BCUT2D eigenvalue weighted by Crippen LogP contribution is 2.31. The highest BCUT2D eigenvalue weighted by molar-refractivity contribution is 6.35. The summed E-state index contributed by atoms with van der Waals surface area (Å²) in [4.78, 5) is 14.8. The zero-order valence-electron chi connectivity index (χ0n) is 14.4. The molecule has 26 heavy (non-hydrogen) atoms. The third-order valence-corrected chi connectivity index (χ3v) is 4.94. The fourth-order valence-electron chi connectivity index (χ4n) is 2.94. The van der Waals surface area contributed by atoms with E-state index < -0.39 is 6.10 Å². The predicted molar refractivity (Wildman–Crippen MR) is 103 cm³/mol. The molecule has 1 heterocycles. The molecule has 1 saturated heterocycles. The lowest BCUT2D eigenvalue weighted by molar-refractivity contribution is 0.0130. The number of nitrogens with zero attached hydrogens (tertiary/aromatic N) is 1. The second-order valence-corrected chi connectivity index (χ2v) is 7.01. The summed E-state index contributed by atoms with van der Waals surface area (Å²) in [5, 5.41) is 1.06. The van der Waals surface area contributed by atoms with Crippen molar-refractivity contribution in [1.82, 2.24) is 4.90 Å². The molecule has 1 atom stereocenters. The van der Waals surface area contributed by atoms with Crippen LogP contribution in [0.4, 0.5) is 0 Å². The van der Waals surface area contributed by atoms with Crippen LogP contribution in [0.15, 0.2) is 48.5 Å². The number of benzene rings is 2. The van der Waals surface area contributed by atoms with Gasteiger partial charge in [-0.3, -0.25) is 4.90 Å². The van der Waals surface area contributed by atoms with Gasteiger partial charge in [0.25, 0.3) is 0 Å². The van der Waals surface area contributed by atoms with Crippen LogP contribution in [-0.4, -0.2) is 43.7 Å². The summed E-state index contributed by atoms with van der Waals surface area (Å²) in [5.41, 5.74) is 1.29. The van der Waals surface area contributed by atoms with Crippen molar-refractivity contribution in [3.05, 3.63) is 69.7 Å². The normalized spacial score (nSPS) is 16.2. The number of rotatable bonds is 6. The molecule has 1 aliphatic rings. The summed E-state index contributed by atoms with van der Waals surface area (Å²) in [6.07, 6.45) is 0.218. The molecular weight excluding hydrogens is 373 g/mol. The van der Waals surface area contributed by atoms with E-state index in [1.54, 1.807) is 24.3 Å². The van der Waals surface area contributed by atoms with Crippen molar-refractivity contribution < 1.29 is 14.3 Å². The molecule has 0 bridgehead atoms. The van der Waals surface area contributed by atoms with E-state index in [0.29, 0.717) is 22.0 Å². The third-order valence-electron chi connectivity index (χ3n) is 4.38. The molecule has 0 aromatic heterocycles. The van der Waals surface area contributed by atoms with Crippen LogP contribution in [-0.2, 0) is 9.47 Å². The highest BCUT2D eigenvalue weighted by Gasteiger charge is 2.22. The Kier molecular flexibility index (Phi) is 6.92. The lowest BCUT2D eigenvalue weighted by atomic mass is 10.1. The van der Waals surface area contributed by atoms with E-state index in [4.69, 9.17) is 32.7 Å². The van der Waals surface area contributed by atoms with Crippen LogP contribution in [0.5, 0.6) is 0 Å². The lowest BCUT2D eigenvalue weighted by Gasteiger charge is -2.28. The molecule has 3 rings (SSSR count). The van der Waals surface area contributed by atoms with Crippen LogP contribution in [0, 0.1) is 0 Å². The molecule has 0 saturated carbocycles. The Morgan fingerprint density at radius 1 is 1.12 bits per heavy atom. The van der Waals surface area contributed by atoms with Crippen LogP contribution in [0.25, 0.3) is 0 Å². The Morgan fingerprint density at radius 2 is 1.85 bits per heavy atom. The number of hydrogen-bond acceptors (Lipinski definition) is 4. The first kappa shape index (κ1) is 19.2. The minimum atomic E-state index is -0.435. The fraction of sp³-hybridized carbons (Fsp3) is 0.350. The van der Waals surface area contributed by atoms with E-state index in [2.05, 4.69) is 4.90 Å². The van der Waals surface area contributed by atoms with Crippen LogP contribution >= 0.6 is 23.2 Å². The summed E-state index contributed by atoms with van der Waals surface area (Å²) < 4.78 is 11.2. The van der Waals surface area contributed by atoms with Crippen molar-refractivity contribution in [3.63, 3.8) is 0 Å². The Morgan fingerprint density at radius 3 is 2.54 bits per heavy atom. The topological polar surface area (TPSA) is 38.8 Å². The SMILES string of the molecule is O=C(OC(CCN1CCOCC1)c1ccc(Cl)cc1Cl)c1ccccc1. The van der Waals surface area contributed by atoms with Gasteiger partial charge in [-0.2, -0.15) is 0 Å². The van der Waals surface area contributed by atoms with E-state index >= 15 is 0 Å². The van der Waals surface area contributed by atoms with Crippen LogP contribution < -0.4 is 0 Å². The average molecular weight is 394 g/mol. The van der Waals surface area contributed by atoms with Crippen molar-refractivity contribution in [2.45, 2.75) is 12.5 Å². The van der Waals surface area contributed by atoms with Gasteiger partial charge >= 0.3 is 5.97 Å². The number of hydrogen-bond donors (Lipinski definition) is 0. The molecule has 6 heteroatoms.